The lowest BCUT2D eigenvalue weighted by Gasteiger charge is -2.43. The van der Waals surface area contributed by atoms with Gasteiger partial charge in [0.05, 0.1) is 0 Å². The first-order chi connectivity index (χ1) is 9.20. The van der Waals surface area contributed by atoms with Crippen molar-refractivity contribution in [1.29, 1.82) is 0 Å². The van der Waals surface area contributed by atoms with Gasteiger partial charge in [-0.1, -0.05) is 34.1 Å². The maximum absolute atomic E-state index is 4.51. The molecule has 0 atom stereocenters. The van der Waals surface area contributed by atoms with Crippen molar-refractivity contribution in [3.63, 3.8) is 0 Å². The summed E-state index contributed by atoms with van der Waals surface area (Å²) in [6, 6.07) is 12.7. The molecule has 1 N–H and O–H groups in total. The molecule has 0 spiro atoms. The first-order valence-corrected chi connectivity index (χ1v) is 7.84. The van der Waals surface area contributed by atoms with Crippen molar-refractivity contribution < 1.29 is 0 Å². The highest BCUT2D eigenvalue weighted by atomic mass is 79.9. The van der Waals surface area contributed by atoms with Crippen LogP contribution in [0.4, 0.5) is 0 Å². The average molecular weight is 382 g/mol. The summed E-state index contributed by atoms with van der Waals surface area (Å²) in [4.78, 5) is 4.51. The van der Waals surface area contributed by atoms with Crippen LogP contribution in [-0.2, 0) is 11.8 Å². The summed E-state index contributed by atoms with van der Waals surface area (Å²) in [6.45, 7) is 2.01. The number of benzene rings is 1. The number of nitrogens with one attached hydrogen (secondary N) is 1. The second-order valence-electron chi connectivity index (χ2n) is 5.01. The monoisotopic (exact) mass is 380 g/mol. The van der Waals surface area contributed by atoms with Crippen LogP contribution in [0, 0.1) is 0 Å². The zero-order valence-electron chi connectivity index (χ0n) is 10.4. The Morgan fingerprint density at radius 2 is 1.89 bits per heavy atom. The first kappa shape index (κ1) is 13.3. The van der Waals surface area contributed by atoms with E-state index in [4.69, 9.17) is 0 Å². The summed E-state index contributed by atoms with van der Waals surface area (Å²) in [7, 11) is 0. The van der Waals surface area contributed by atoms with E-state index in [0.29, 0.717) is 0 Å². The third kappa shape index (κ3) is 2.62. The zero-order valence-corrected chi connectivity index (χ0v) is 13.5. The molecule has 3 rings (SSSR count). The normalized spacial score (nSPS) is 16.9. The number of nitrogens with zero attached hydrogens (tertiary/aromatic N) is 1. The SMILES string of the molecule is Brc1ccc(CC2(c3ccccc3Br)CNC2)nc1. The van der Waals surface area contributed by atoms with Crippen LogP contribution in [0.1, 0.15) is 11.3 Å². The van der Waals surface area contributed by atoms with Crippen LogP contribution >= 0.6 is 31.9 Å². The molecule has 0 bridgehead atoms. The molecule has 1 aliphatic rings. The Morgan fingerprint density at radius 1 is 1.11 bits per heavy atom. The summed E-state index contributed by atoms with van der Waals surface area (Å²) < 4.78 is 2.21. The molecule has 2 nitrogen and oxygen atoms in total. The fraction of sp³-hybridized carbons (Fsp3) is 0.267. The van der Waals surface area contributed by atoms with Gasteiger partial charge in [0, 0.05) is 45.8 Å². The largest absolute Gasteiger partial charge is 0.315 e. The lowest BCUT2D eigenvalue weighted by molar-refractivity contribution is 0.271. The summed E-state index contributed by atoms with van der Waals surface area (Å²) in [5.41, 5.74) is 2.68. The van der Waals surface area contributed by atoms with Crippen LogP contribution in [0.5, 0.6) is 0 Å². The number of pyridine rings is 1. The molecule has 0 amide bonds. The van der Waals surface area contributed by atoms with E-state index in [0.717, 1.165) is 29.7 Å². The average Bonchev–Trinajstić information content (AvgIpc) is 2.37. The zero-order chi connectivity index (χ0) is 13.3. The van der Waals surface area contributed by atoms with E-state index in [1.54, 1.807) is 0 Å². The third-order valence-corrected chi connectivity index (χ3v) is 4.84. The molecule has 1 saturated heterocycles. The Labute approximate surface area is 129 Å². The topological polar surface area (TPSA) is 24.9 Å². The van der Waals surface area contributed by atoms with Crippen LogP contribution < -0.4 is 5.32 Å². The molecule has 4 heteroatoms. The fourth-order valence-electron chi connectivity index (χ4n) is 2.59. The molecule has 1 aromatic carbocycles. The van der Waals surface area contributed by atoms with Crippen molar-refractivity contribution in [1.82, 2.24) is 10.3 Å². The minimum Gasteiger partial charge on any atom is -0.315 e. The molecule has 0 saturated carbocycles. The molecule has 1 aromatic heterocycles. The molecule has 98 valence electrons. The maximum atomic E-state index is 4.51. The van der Waals surface area contributed by atoms with Crippen LogP contribution in [0.2, 0.25) is 0 Å². The Bertz CT molecular complexity index is 577. The number of halogens is 2. The lowest BCUT2D eigenvalue weighted by Crippen LogP contribution is -2.58. The summed E-state index contributed by atoms with van der Waals surface area (Å²) in [5.74, 6) is 0. The predicted molar refractivity (Wildman–Crippen MR) is 84.3 cm³/mol. The second-order valence-corrected chi connectivity index (χ2v) is 6.78. The highest BCUT2D eigenvalue weighted by Crippen LogP contribution is 2.36. The van der Waals surface area contributed by atoms with Gasteiger partial charge in [0.15, 0.2) is 0 Å². The lowest BCUT2D eigenvalue weighted by atomic mass is 9.72. The number of hydrogen-bond acceptors (Lipinski definition) is 2. The van der Waals surface area contributed by atoms with Gasteiger partial charge in [-0.3, -0.25) is 4.98 Å². The van der Waals surface area contributed by atoms with Crippen LogP contribution in [-0.4, -0.2) is 18.1 Å². The summed E-state index contributed by atoms with van der Waals surface area (Å²) in [6.07, 6.45) is 2.84. The fourth-order valence-corrected chi connectivity index (χ4v) is 3.53. The van der Waals surface area contributed by atoms with Gasteiger partial charge in [-0.25, -0.2) is 0 Å². The molecule has 0 radical (unpaired) electrons. The van der Waals surface area contributed by atoms with Gasteiger partial charge in [0.2, 0.25) is 0 Å². The molecular formula is C15H14Br2N2. The van der Waals surface area contributed by atoms with Crippen molar-refractivity contribution in [2.24, 2.45) is 0 Å². The minimum atomic E-state index is 0.168. The predicted octanol–water partition coefficient (Wildman–Crippen LogP) is 3.69. The van der Waals surface area contributed by atoms with E-state index in [-0.39, 0.29) is 5.41 Å². The van der Waals surface area contributed by atoms with Gasteiger partial charge in [-0.2, -0.15) is 0 Å². The molecule has 0 unspecified atom stereocenters. The Kier molecular flexibility index (Phi) is 3.74. The maximum Gasteiger partial charge on any atom is 0.0414 e. The Hall–Kier alpha value is -0.710. The van der Waals surface area contributed by atoms with Crippen LogP contribution in [0.25, 0.3) is 0 Å². The van der Waals surface area contributed by atoms with E-state index in [9.17, 15) is 0 Å². The molecular weight excluding hydrogens is 368 g/mol. The quantitative estimate of drug-likeness (QED) is 0.876. The van der Waals surface area contributed by atoms with Crippen molar-refractivity contribution in [3.05, 3.63) is 62.8 Å². The first-order valence-electron chi connectivity index (χ1n) is 6.26. The molecule has 1 aliphatic heterocycles. The van der Waals surface area contributed by atoms with Crippen LogP contribution in [0.15, 0.2) is 51.5 Å². The molecule has 19 heavy (non-hydrogen) atoms. The smallest absolute Gasteiger partial charge is 0.0414 e. The van der Waals surface area contributed by atoms with Crippen molar-refractivity contribution in [2.45, 2.75) is 11.8 Å². The van der Waals surface area contributed by atoms with Crippen molar-refractivity contribution in [3.8, 4) is 0 Å². The van der Waals surface area contributed by atoms with Gasteiger partial charge in [0.25, 0.3) is 0 Å². The third-order valence-electron chi connectivity index (χ3n) is 3.68. The highest BCUT2D eigenvalue weighted by Gasteiger charge is 2.40. The summed E-state index contributed by atoms with van der Waals surface area (Å²) in [5, 5.41) is 3.40. The molecule has 1 fully saturated rings. The van der Waals surface area contributed by atoms with E-state index in [1.807, 2.05) is 6.20 Å². The minimum absolute atomic E-state index is 0.168. The van der Waals surface area contributed by atoms with Crippen molar-refractivity contribution in [2.75, 3.05) is 13.1 Å². The number of aromatic nitrogens is 1. The Morgan fingerprint density at radius 3 is 2.47 bits per heavy atom. The van der Waals surface area contributed by atoms with Crippen molar-refractivity contribution >= 4 is 31.9 Å². The molecule has 2 aromatic rings. The van der Waals surface area contributed by atoms with Crippen LogP contribution in [0.3, 0.4) is 0 Å². The number of hydrogen-bond donors (Lipinski definition) is 1. The summed E-state index contributed by atoms with van der Waals surface area (Å²) >= 11 is 7.11. The van der Waals surface area contributed by atoms with Gasteiger partial charge >= 0.3 is 0 Å². The van der Waals surface area contributed by atoms with Gasteiger partial charge in [-0.05, 0) is 39.7 Å². The molecule has 0 aliphatic carbocycles. The number of rotatable bonds is 3. The van der Waals surface area contributed by atoms with Gasteiger partial charge < -0.3 is 5.32 Å². The standard InChI is InChI=1S/C15H14Br2N2/c16-11-5-6-12(19-8-11)7-15(9-18-10-15)13-3-1-2-4-14(13)17/h1-6,8,18H,7,9-10H2. The van der Waals surface area contributed by atoms with Gasteiger partial charge in [-0.15, -0.1) is 0 Å². The highest BCUT2D eigenvalue weighted by molar-refractivity contribution is 9.10. The molecule has 2 heterocycles. The second kappa shape index (κ2) is 5.35. The van der Waals surface area contributed by atoms with E-state index < -0.39 is 0 Å². The van der Waals surface area contributed by atoms with E-state index >= 15 is 0 Å². The van der Waals surface area contributed by atoms with Gasteiger partial charge in [0.1, 0.15) is 0 Å². The van der Waals surface area contributed by atoms with E-state index in [1.165, 1.54) is 10.0 Å². The van der Waals surface area contributed by atoms with E-state index in [2.05, 4.69) is 78.6 Å². The Balaban J connectivity index is 1.92.